The molecule has 0 bridgehead atoms. The highest BCUT2D eigenvalue weighted by atomic mass is 35.5. The van der Waals surface area contributed by atoms with Crippen molar-refractivity contribution in [2.24, 2.45) is 0 Å². The number of amides is 1. The van der Waals surface area contributed by atoms with Crippen LogP contribution in [0.2, 0.25) is 5.02 Å². The van der Waals surface area contributed by atoms with Crippen LogP contribution in [0.15, 0.2) is 85.0 Å². The van der Waals surface area contributed by atoms with Crippen LogP contribution in [0.5, 0.6) is 5.75 Å². The SMILES string of the molecule is C=CCOc1cccc(C2/C(=C(\O)c3ccc(Cl)cc3)C(=O)C(=O)N2c2nc3ccc(C)cc3s2)c1. The monoisotopic (exact) mass is 516 g/mol. The number of aromatic nitrogens is 1. The number of anilines is 1. The lowest BCUT2D eigenvalue weighted by Crippen LogP contribution is -2.29. The predicted octanol–water partition coefficient (Wildman–Crippen LogP) is 6.45. The molecule has 6 nitrogen and oxygen atoms in total. The van der Waals surface area contributed by atoms with Gasteiger partial charge in [0, 0.05) is 10.6 Å². The fourth-order valence-corrected chi connectivity index (χ4v) is 5.38. The molecule has 180 valence electrons. The van der Waals surface area contributed by atoms with Gasteiger partial charge in [-0.2, -0.15) is 0 Å². The fraction of sp³-hybridized carbons (Fsp3) is 0.107. The first-order valence-corrected chi connectivity index (χ1v) is 12.3. The van der Waals surface area contributed by atoms with Gasteiger partial charge in [-0.05, 0) is 66.6 Å². The number of Topliss-reactive ketones (excluding diaryl/α,β-unsaturated/α-hetero) is 1. The van der Waals surface area contributed by atoms with E-state index in [-0.39, 0.29) is 11.3 Å². The van der Waals surface area contributed by atoms with Crippen molar-refractivity contribution in [1.82, 2.24) is 4.98 Å². The minimum Gasteiger partial charge on any atom is -0.507 e. The van der Waals surface area contributed by atoms with Gasteiger partial charge < -0.3 is 9.84 Å². The molecule has 36 heavy (non-hydrogen) atoms. The topological polar surface area (TPSA) is 79.7 Å². The molecular formula is C28H21ClN2O4S. The summed E-state index contributed by atoms with van der Waals surface area (Å²) in [6, 6.07) is 18.4. The lowest BCUT2D eigenvalue weighted by atomic mass is 9.95. The molecule has 0 radical (unpaired) electrons. The molecule has 2 heterocycles. The van der Waals surface area contributed by atoms with Gasteiger partial charge >= 0.3 is 5.91 Å². The summed E-state index contributed by atoms with van der Waals surface area (Å²) in [5.41, 5.74) is 2.73. The molecule has 1 atom stereocenters. The Morgan fingerprint density at radius 1 is 1.17 bits per heavy atom. The van der Waals surface area contributed by atoms with Gasteiger partial charge in [0.1, 0.15) is 18.1 Å². The van der Waals surface area contributed by atoms with Crippen LogP contribution in [0.1, 0.15) is 22.7 Å². The normalized spacial score (nSPS) is 17.1. The van der Waals surface area contributed by atoms with Gasteiger partial charge in [-0.3, -0.25) is 14.5 Å². The quantitative estimate of drug-likeness (QED) is 0.138. The maximum atomic E-state index is 13.4. The van der Waals surface area contributed by atoms with Gasteiger partial charge in [-0.1, -0.05) is 53.8 Å². The van der Waals surface area contributed by atoms with E-state index in [4.69, 9.17) is 16.3 Å². The highest BCUT2D eigenvalue weighted by Crippen LogP contribution is 2.45. The third-order valence-electron chi connectivity index (χ3n) is 5.84. The number of fused-ring (bicyclic) bond motifs is 1. The number of rotatable bonds is 6. The van der Waals surface area contributed by atoms with Crippen LogP contribution in [0.25, 0.3) is 16.0 Å². The molecule has 8 heteroatoms. The number of carbonyl (C=O) groups is 2. The van der Waals surface area contributed by atoms with Crippen molar-refractivity contribution in [2.75, 3.05) is 11.5 Å². The standard InChI is InChI=1S/C28H21ClN2O4S/c1-3-13-35-20-6-4-5-18(15-20)24-23(25(32)17-8-10-19(29)11-9-17)26(33)27(34)31(24)28-30-21-12-7-16(2)14-22(21)36-28/h3-12,14-15,24,32H,1,13H2,2H3/b25-23+. The fourth-order valence-electron chi connectivity index (χ4n) is 4.16. The number of ether oxygens (including phenoxy) is 1. The van der Waals surface area contributed by atoms with Gasteiger partial charge in [0.2, 0.25) is 0 Å². The van der Waals surface area contributed by atoms with Crippen LogP contribution >= 0.6 is 22.9 Å². The molecule has 1 fully saturated rings. The van der Waals surface area contributed by atoms with Crippen LogP contribution in [0.4, 0.5) is 5.13 Å². The number of aryl methyl sites for hydroxylation is 1. The van der Waals surface area contributed by atoms with Crippen molar-refractivity contribution in [1.29, 1.82) is 0 Å². The number of hydrogen-bond donors (Lipinski definition) is 1. The molecule has 1 unspecified atom stereocenters. The van der Waals surface area contributed by atoms with Crippen LogP contribution in [0.3, 0.4) is 0 Å². The van der Waals surface area contributed by atoms with Crippen LogP contribution in [-0.2, 0) is 9.59 Å². The molecule has 1 saturated heterocycles. The Bertz CT molecular complexity index is 1540. The lowest BCUT2D eigenvalue weighted by molar-refractivity contribution is -0.132. The van der Waals surface area contributed by atoms with E-state index in [2.05, 4.69) is 11.6 Å². The highest BCUT2D eigenvalue weighted by molar-refractivity contribution is 7.22. The molecule has 0 spiro atoms. The Labute approximate surface area is 216 Å². The summed E-state index contributed by atoms with van der Waals surface area (Å²) >= 11 is 7.33. The third-order valence-corrected chi connectivity index (χ3v) is 7.11. The molecule has 5 rings (SSSR count). The molecule has 1 aliphatic heterocycles. The molecular weight excluding hydrogens is 496 g/mol. The Hall–Kier alpha value is -3.94. The van der Waals surface area contributed by atoms with E-state index < -0.39 is 17.7 Å². The highest BCUT2D eigenvalue weighted by Gasteiger charge is 2.48. The Balaban J connectivity index is 1.71. The zero-order valence-corrected chi connectivity index (χ0v) is 20.8. The first kappa shape index (κ1) is 23.8. The largest absolute Gasteiger partial charge is 0.507 e. The van der Waals surface area contributed by atoms with Crippen molar-refractivity contribution in [3.8, 4) is 5.75 Å². The molecule has 0 aliphatic carbocycles. The lowest BCUT2D eigenvalue weighted by Gasteiger charge is -2.23. The number of nitrogens with zero attached hydrogens (tertiary/aromatic N) is 2. The average Bonchev–Trinajstić information content (AvgIpc) is 3.40. The summed E-state index contributed by atoms with van der Waals surface area (Å²) in [4.78, 5) is 32.8. The third kappa shape index (κ3) is 4.27. The summed E-state index contributed by atoms with van der Waals surface area (Å²) < 4.78 is 6.59. The number of hydrogen-bond acceptors (Lipinski definition) is 6. The molecule has 1 aromatic heterocycles. The maximum absolute atomic E-state index is 13.4. The molecule has 4 aromatic rings. The summed E-state index contributed by atoms with van der Waals surface area (Å²) in [5.74, 6) is -1.29. The number of ketones is 1. The van der Waals surface area contributed by atoms with E-state index in [1.807, 2.05) is 25.1 Å². The van der Waals surface area contributed by atoms with Crippen molar-refractivity contribution < 1.29 is 19.4 Å². The Morgan fingerprint density at radius 3 is 2.69 bits per heavy atom. The second kappa shape index (κ2) is 9.60. The van der Waals surface area contributed by atoms with E-state index >= 15 is 0 Å². The molecule has 1 aliphatic rings. The van der Waals surface area contributed by atoms with E-state index in [9.17, 15) is 14.7 Å². The number of aliphatic hydroxyl groups is 1. The Morgan fingerprint density at radius 2 is 1.94 bits per heavy atom. The average molecular weight is 517 g/mol. The number of aliphatic hydroxyl groups excluding tert-OH is 1. The van der Waals surface area contributed by atoms with Crippen LogP contribution in [0, 0.1) is 6.92 Å². The van der Waals surface area contributed by atoms with Gasteiger partial charge in [0.25, 0.3) is 5.78 Å². The second-order valence-electron chi connectivity index (χ2n) is 8.32. The molecule has 3 aromatic carbocycles. The molecule has 0 saturated carbocycles. The minimum atomic E-state index is -0.908. The first-order valence-electron chi connectivity index (χ1n) is 11.1. The smallest absolute Gasteiger partial charge is 0.301 e. The molecule has 1 N–H and O–H groups in total. The van der Waals surface area contributed by atoms with E-state index in [0.717, 1.165) is 15.8 Å². The summed E-state index contributed by atoms with van der Waals surface area (Å²) in [6.07, 6.45) is 1.63. The van der Waals surface area contributed by atoms with E-state index in [1.54, 1.807) is 54.6 Å². The first-order chi connectivity index (χ1) is 17.4. The number of thiazole rings is 1. The number of halogens is 1. The van der Waals surface area contributed by atoms with E-state index in [1.165, 1.54) is 16.2 Å². The van der Waals surface area contributed by atoms with Gasteiger partial charge in [-0.25, -0.2) is 4.98 Å². The summed E-state index contributed by atoms with van der Waals surface area (Å²) in [6.45, 7) is 5.95. The van der Waals surface area contributed by atoms with Gasteiger partial charge in [0.05, 0.1) is 21.8 Å². The Kier molecular flexibility index (Phi) is 6.35. The van der Waals surface area contributed by atoms with Crippen LogP contribution < -0.4 is 9.64 Å². The zero-order chi connectivity index (χ0) is 25.4. The minimum absolute atomic E-state index is 0.0290. The maximum Gasteiger partial charge on any atom is 0.301 e. The number of carbonyl (C=O) groups excluding carboxylic acids is 2. The van der Waals surface area contributed by atoms with E-state index in [0.29, 0.717) is 33.6 Å². The van der Waals surface area contributed by atoms with Gasteiger partial charge in [-0.15, -0.1) is 0 Å². The summed E-state index contributed by atoms with van der Waals surface area (Å²) in [5, 5.41) is 12.1. The van der Waals surface area contributed by atoms with Crippen molar-refractivity contribution in [3.05, 3.63) is 107 Å². The number of benzene rings is 3. The van der Waals surface area contributed by atoms with Crippen molar-refractivity contribution >= 4 is 55.7 Å². The van der Waals surface area contributed by atoms with Gasteiger partial charge in [0.15, 0.2) is 5.13 Å². The zero-order valence-electron chi connectivity index (χ0n) is 19.3. The second-order valence-corrected chi connectivity index (χ2v) is 9.76. The van der Waals surface area contributed by atoms with Crippen molar-refractivity contribution in [2.45, 2.75) is 13.0 Å². The van der Waals surface area contributed by atoms with Crippen LogP contribution in [-0.4, -0.2) is 28.4 Å². The predicted molar refractivity (Wildman–Crippen MR) is 143 cm³/mol. The molecule has 1 amide bonds. The summed E-state index contributed by atoms with van der Waals surface area (Å²) in [7, 11) is 0. The van der Waals surface area contributed by atoms with Crippen molar-refractivity contribution in [3.63, 3.8) is 0 Å².